The molecule has 0 aliphatic carbocycles. The Morgan fingerprint density at radius 2 is 2.23 bits per heavy atom. The Morgan fingerprint density at radius 1 is 1.45 bits per heavy atom. The largest absolute Gasteiger partial charge is 0.496 e. The topological polar surface area (TPSA) is 41.6 Å². The second kappa shape index (κ2) is 9.98. The minimum atomic E-state index is 0. The smallest absolute Gasteiger partial charge is 0.223 e. The molecule has 6 heteroatoms. The lowest BCUT2D eigenvalue weighted by atomic mass is 10.0. The second-order valence-corrected chi connectivity index (χ2v) is 6.13. The predicted molar refractivity (Wildman–Crippen MR) is 95.2 cm³/mol. The summed E-state index contributed by atoms with van der Waals surface area (Å²) in [6, 6.07) is 8.04. The van der Waals surface area contributed by atoms with Crippen LogP contribution in [0.2, 0.25) is 0 Å². The van der Waals surface area contributed by atoms with Crippen molar-refractivity contribution in [3.8, 4) is 5.75 Å². The number of ether oxygens (including phenoxy) is 1. The molecule has 1 aromatic rings. The summed E-state index contributed by atoms with van der Waals surface area (Å²) >= 11 is 1.79. The highest BCUT2D eigenvalue weighted by molar-refractivity contribution is 7.98. The molecule has 0 spiro atoms. The van der Waals surface area contributed by atoms with E-state index in [1.807, 2.05) is 23.1 Å². The fraction of sp³-hybridized carbons (Fsp3) is 0.562. The van der Waals surface area contributed by atoms with Crippen molar-refractivity contribution in [2.24, 2.45) is 0 Å². The Hall–Kier alpha value is -0.910. The van der Waals surface area contributed by atoms with Crippen LogP contribution >= 0.6 is 24.2 Å². The molecular weight excluding hydrogens is 320 g/mol. The number of methoxy groups -OCH3 is 1. The van der Waals surface area contributed by atoms with Gasteiger partial charge >= 0.3 is 0 Å². The lowest BCUT2D eigenvalue weighted by Crippen LogP contribution is -2.48. The lowest BCUT2D eigenvalue weighted by molar-refractivity contribution is -0.134. The van der Waals surface area contributed by atoms with Crippen molar-refractivity contribution in [1.29, 1.82) is 0 Å². The third-order valence-corrected chi connectivity index (χ3v) is 4.50. The van der Waals surface area contributed by atoms with E-state index < -0.39 is 0 Å². The van der Waals surface area contributed by atoms with Crippen LogP contribution in [0.25, 0.3) is 0 Å². The summed E-state index contributed by atoms with van der Waals surface area (Å²) in [5.74, 6) is 2.14. The zero-order valence-electron chi connectivity index (χ0n) is 13.2. The number of nitrogens with one attached hydrogen (secondary N) is 1. The van der Waals surface area contributed by atoms with E-state index in [4.69, 9.17) is 4.74 Å². The molecule has 0 aromatic heterocycles. The van der Waals surface area contributed by atoms with Crippen molar-refractivity contribution in [1.82, 2.24) is 10.2 Å². The quantitative estimate of drug-likeness (QED) is 0.806. The molecule has 1 heterocycles. The summed E-state index contributed by atoms with van der Waals surface area (Å²) in [7, 11) is 1.68. The first-order chi connectivity index (χ1) is 10.3. The molecule has 1 aliphatic heterocycles. The molecule has 0 radical (unpaired) electrons. The predicted octanol–water partition coefficient (Wildman–Crippen LogP) is 2.73. The van der Waals surface area contributed by atoms with E-state index in [0.29, 0.717) is 6.42 Å². The number of nitrogens with zero attached hydrogens (tertiary/aromatic N) is 1. The first-order valence-corrected chi connectivity index (χ1v) is 8.79. The summed E-state index contributed by atoms with van der Waals surface area (Å²) in [5, 5.41) is 3.38. The molecule has 1 atom stereocenters. The van der Waals surface area contributed by atoms with Crippen LogP contribution in [0.5, 0.6) is 5.75 Å². The van der Waals surface area contributed by atoms with Crippen LogP contribution in [0.15, 0.2) is 24.3 Å². The van der Waals surface area contributed by atoms with Crippen LogP contribution in [-0.4, -0.2) is 49.6 Å². The molecule has 1 amide bonds. The molecule has 1 unspecified atom stereocenters. The number of carbonyl (C=O) groups is 1. The van der Waals surface area contributed by atoms with Crippen molar-refractivity contribution >= 4 is 30.1 Å². The third kappa shape index (κ3) is 4.80. The van der Waals surface area contributed by atoms with Crippen molar-refractivity contribution in [2.45, 2.75) is 18.9 Å². The Morgan fingerprint density at radius 3 is 2.95 bits per heavy atom. The molecule has 124 valence electrons. The zero-order valence-corrected chi connectivity index (χ0v) is 14.8. The Balaban J connectivity index is 0.00000242. The van der Waals surface area contributed by atoms with E-state index in [0.717, 1.165) is 43.1 Å². The average molecular weight is 345 g/mol. The summed E-state index contributed by atoms with van der Waals surface area (Å²) in [6.45, 7) is 2.41. The number of piperazine rings is 1. The van der Waals surface area contributed by atoms with Crippen molar-refractivity contribution < 1.29 is 9.53 Å². The van der Waals surface area contributed by atoms with Gasteiger partial charge in [0.15, 0.2) is 0 Å². The number of thioether (sulfide) groups is 1. The highest BCUT2D eigenvalue weighted by atomic mass is 35.5. The molecule has 1 aliphatic rings. The molecule has 4 nitrogen and oxygen atoms in total. The Labute approximate surface area is 143 Å². The van der Waals surface area contributed by atoms with Crippen LogP contribution in [0.1, 0.15) is 24.4 Å². The van der Waals surface area contributed by atoms with Crippen molar-refractivity contribution in [2.75, 3.05) is 38.8 Å². The number of hydrogen-bond acceptors (Lipinski definition) is 4. The van der Waals surface area contributed by atoms with Crippen LogP contribution in [0.3, 0.4) is 0 Å². The number of hydrogen-bond donors (Lipinski definition) is 1. The number of para-hydroxylation sites is 1. The fourth-order valence-corrected chi connectivity index (χ4v) is 3.17. The van der Waals surface area contributed by atoms with Gasteiger partial charge in [0.25, 0.3) is 0 Å². The first kappa shape index (κ1) is 19.1. The normalized spacial score (nSPS) is 17.7. The molecule has 22 heavy (non-hydrogen) atoms. The summed E-state index contributed by atoms with van der Waals surface area (Å²) in [4.78, 5) is 14.5. The highest BCUT2D eigenvalue weighted by Gasteiger charge is 2.29. The Bertz CT molecular complexity index is 473. The lowest BCUT2D eigenvalue weighted by Gasteiger charge is -2.37. The molecule has 1 aromatic carbocycles. The maximum Gasteiger partial charge on any atom is 0.223 e. The fourth-order valence-electron chi connectivity index (χ4n) is 2.73. The molecule has 1 N–H and O–H groups in total. The van der Waals surface area contributed by atoms with E-state index in [-0.39, 0.29) is 24.4 Å². The van der Waals surface area contributed by atoms with E-state index in [1.165, 1.54) is 0 Å². The number of rotatable bonds is 6. The second-order valence-electron chi connectivity index (χ2n) is 5.15. The molecule has 0 saturated carbocycles. The van der Waals surface area contributed by atoms with E-state index in [1.54, 1.807) is 18.9 Å². The molecule has 0 bridgehead atoms. The van der Waals surface area contributed by atoms with Crippen LogP contribution in [0, 0.1) is 0 Å². The van der Waals surface area contributed by atoms with Crippen LogP contribution in [0.4, 0.5) is 0 Å². The van der Waals surface area contributed by atoms with Crippen LogP contribution < -0.4 is 10.1 Å². The van der Waals surface area contributed by atoms with Crippen molar-refractivity contribution in [3.63, 3.8) is 0 Å². The van der Waals surface area contributed by atoms with Gasteiger partial charge in [0.1, 0.15) is 5.75 Å². The SMILES string of the molecule is COc1ccccc1C1CNCCN1C(=O)CCCSC.Cl. The first-order valence-electron chi connectivity index (χ1n) is 7.40. The molecule has 2 rings (SSSR count). The van der Waals surface area contributed by atoms with Gasteiger partial charge in [0.2, 0.25) is 5.91 Å². The van der Waals surface area contributed by atoms with E-state index >= 15 is 0 Å². The molecular formula is C16H25ClN2O2S. The van der Waals surface area contributed by atoms with Gasteiger partial charge in [-0.15, -0.1) is 12.4 Å². The highest BCUT2D eigenvalue weighted by Crippen LogP contribution is 2.30. The maximum absolute atomic E-state index is 12.5. The van der Waals surface area contributed by atoms with Gasteiger partial charge < -0.3 is 15.0 Å². The van der Waals surface area contributed by atoms with Crippen LogP contribution in [-0.2, 0) is 4.79 Å². The molecule has 1 saturated heterocycles. The minimum Gasteiger partial charge on any atom is -0.496 e. The summed E-state index contributed by atoms with van der Waals surface area (Å²) in [6.07, 6.45) is 3.65. The van der Waals surface area contributed by atoms with Gasteiger partial charge in [0, 0.05) is 31.6 Å². The maximum atomic E-state index is 12.5. The van der Waals surface area contributed by atoms with E-state index in [2.05, 4.69) is 17.6 Å². The minimum absolute atomic E-state index is 0. The van der Waals surface area contributed by atoms with E-state index in [9.17, 15) is 4.79 Å². The van der Waals surface area contributed by atoms with Crippen molar-refractivity contribution in [3.05, 3.63) is 29.8 Å². The van der Waals surface area contributed by atoms with Gasteiger partial charge in [-0.05, 0) is 24.5 Å². The number of benzene rings is 1. The standard InChI is InChI=1S/C16H24N2O2S.ClH/c1-20-15-7-4-3-6-13(15)14-12-17-9-10-18(14)16(19)8-5-11-21-2;/h3-4,6-7,14,17H,5,8-12H2,1-2H3;1H. The number of halogens is 1. The Kier molecular flexibility index (Phi) is 8.68. The zero-order chi connectivity index (χ0) is 15.1. The third-order valence-electron chi connectivity index (χ3n) is 3.80. The molecule has 1 fully saturated rings. The van der Waals surface area contributed by atoms with Gasteiger partial charge in [0.05, 0.1) is 13.2 Å². The van der Waals surface area contributed by atoms with Gasteiger partial charge in [-0.3, -0.25) is 4.79 Å². The monoisotopic (exact) mass is 344 g/mol. The number of amides is 1. The van der Waals surface area contributed by atoms with Gasteiger partial charge in [-0.1, -0.05) is 18.2 Å². The summed E-state index contributed by atoms with van der Waals surface area (Å²) in [5.41, 5.74) is 1.09. The average Bonchev–Trinajstić information content (AvgIpc) is 2.55. The number of carbonyl (C=O) groups excluding carboxylic acids is 1. The summed E-state index contributed by atoms with van der Waals surface area (Å²) < 4.78 is 5.46. The van der Waals surface area contributed by atoms with Gasteiger partial charge in [-0.2, -0.15) is 11.8 Å². The van der Waals surface area contributed by atoms with Gasteiger partial charge in [-0.25, -0.2) is 0 Å².